The molecule has 1 N–H and O–H groups in total. The molecule has 2 aromatic rings. The third-order valence-electron chi connectivity index (χ3n) is 3.62. The van der Waals surface area contributed by atoms with Crippen molar-refractivity contribution in [1.29, 1.82) is 0 Å². The van der Waals surface area contributed by atoms with Gasteiger partial charge in [-0.05, 0) is 32.4 Å². The molecule has 0 atom stereocenters. The topological polar surface area (TPSA) is 76.4 Å². The van der Waals surface area contributed by atoms with Crippen molar-refractivity contribution in [3.05, 3.63) is 39.9 Å². The van der Waals surface area contributed by atoms with Crippen molar-refractivity contribution >= 4 is 38.3 Å². The second-order valence-corrected chi connectivity index (χ2v) is 7.60. The summed E-state index contributed by atoms with van der Waals surface area (Å²) in [6, 6.07) is 5.32. The zero-order valence-corrected chi connectivity index (χ0v) is 14.7. The first kappa shape index (κ1) is 17.6. The lowest BCUT2D eigenvalue weighted by Crippen LogP contribution is -2.10. The molecule has 124 valence electrons. The minimum atomic E-state index is -3.77. The number of aryl methyl sites for hydroxylation is 1. The standard InChI is InChI=1S/C16H18ClNO4S/c1-4-12(17)9-23(21,22)16-11(3)18(8-15(19)20)14-6-5-10(2)7-13(14)16/h5-7,9H,4,8H2,1-3H3,(H,19,20)/b12-9-. The third kappa shape index (κ3) is 3.43. The first-order valence-corrected chi connectivity index (χ1v) is 9.02. The first-order chi connectivity index (χ1) is 10.7. The molecule has 0 spiro atoms. The first-order valence-electron chi connectivity index (χ1n) is 7.09. The Morgan fingerprint density at radius 3 is 2.57 bits per heavy atom. The number of fused-ring (bicyclic) bond motifs is 1. The summed E-state index contributed by atoms with van der Waals surface area (Å²) in [7, 11) is -3.77. The predicted molar refractivity (Wildman–Crippen MR) is 90.5 cm³/mol. The normalized spacial score (nSPS) is 12.8. The molecule has 0 saturated heterocycles. The van der Waals surface area contributed by atoms with Crippen molar-refractivity contribution in [2.24, 2.45) is 0 Å². The van der Waals surface area contributed by atoms with Crippen LogP contribution in [0.15, 0.2) is 33.5 Å². The van der Waals surface area contributed by atoms with Gasteiger partial charge in [-0.15, -0.1) is 0 Å². The van der Waals surface area contributed by atoms with Gasteiger partial charge in [0.2, 0.25) is 9.84 Å². The second kappa shape index (κ2) is 6.37. The lowest BCUT2D eigenvalue weighted by Gasteiger charge is -2.05. The van der Waals surface area contributed by atoms with E-state index in [1.54, 1.807) is 26.0 Å². The van der Waals surface area contributed by atoms with Crippen LogP contribution >= 0.6 is 11.6 Å². The maximum Gasteiger partial charge on any atom is 0.323 e. The molecule has 0 radical (unpaired) electrons. The summed E-state index contributed by atoms with van der Waals surface area (Å²) < 4.78 is 26.9. The number of aliphatic carboxylic acids is 1. The Hall–Kier alpha value is -1.79. The van der Waals surface area contributed by atoms with Crippen LogP contribution in [0.4, 0.5) is 0 Å². The average Bonchev–Trinajstić information content (AvgIpc) is 2.70. The minimum Gasteiger partial charge on any atom is -0.480 e. The maximum absolute atomic E-state index is 12.7. The molecule has 1 aromatic carbocycles. The third-order valence-corrected chi connectivity index (χ3v) is 5.80. The van der Waals surface area contributed by atoms with Crippen LogP contribution in [0.5, 0.6) is 0 Å². The van der Waals surface area contributed by atoms with Gasteiger partial charge < -0.3 is 9.67 Å². The Kier molecular flexibility index (Phi) is 4.87. The summed E-state index contributed by atoms with van der Waals surface area (Å²) in [6.07, 6.45) is 0.409. The van der Waals surface area contributed by atoms with Crippen LogP contribution in [0.3, 0.4) is 0 Å². The van der Waals surface area contributed by atoms with Crippen molar-refractivity contribution in [3.63, 3.8) is 0 Å². The molecule has 0 aliphatic heterocycles. The van der Waals surface area contributed by atoms with E-state index in [4.69, 9.17) is 16.7 Å². The molecule has 0 aliphatic carbocycles. The number of benzene rings is 1. The van der Waals surface area contributed by atoms with Crippen LogP contribution in [-0.2, 0) is 21.2 Å². The lowest BCUT2D eigenvalue weighted by atomic mass is 10.2. The van der Waals surface area contributed by atoms with Crippen LogP contribution in [0.1, 0.15) is 24.6 Å². The zero-order chi connectivity index (χ0) is 17.4. The summed E-state index contributed by atoms with van der Waals surface area (Å²) in [5.41, 5.74) is 1.87. The fourth-order valence-electron chi connectivity index (χ4n) is 2.57. The highest BCUT2D eigenvalue weighted by Gasteiger charge is 2.24. The van der Waals surface area contributed by atoms with Crippen molar-refractivity contribution in [1.82, 2.24) is 4.57 Å². The van der Waals surface area contributed by atoms with Gasteiger partial charge >= 0.3 is 5.97 Å². The molecule has 7 heteroatoms. The fourth-order valence-corrected chi connectivity index (χ4v) is 4.54. The van der Waals surface area contributed by atoms with E-state index in [1.165, 1.54) is 4.57 Å². The Balaban J connectivity index is 2.85. The molecular formula is C16H18ClNO4S. The smallest absolute Gasteiger partial charge is 0.323 e. The van der Waals surface area contributed by atoms with Gasteiger partial charge in [-0.3, -0.25) is 4.79 Å². The SMILES string of the molecule is CC/C(Cl)=C/S(=O)(=O)c1c(C)n(CC(=O)O)c2ccc(C)cc12. The van der Waals surface area contributed by atoms with Crippen molar-refractivity contribution in [2.75, 3.05) is 0 Å². The second-order valence-electron chi connectivity index (χ2n) is 5.38. The van der Waals surface area contributed by atoms with Crippen molar-refractivity contribution in [3.8, 4) is 0 Å². The number of carboxylic acid groups (broad SMARTS) is 1. The molecule has 0 bridgehead atoms. The summed E-state index contributed by atoms with van der Waals surface area (Å²) in [4.78, 5) is 11.2. The number of rotatable bonds is 5. The van der Waals surface area contributed by atoms with Crippen molar-refractivity contribution in [2.45, 2.75) is 38.6 Å². The van der Waals surface area contributed by atoms with Gasteiger partial charge in [-0.1, -0.05) is 30.2 Å². The van der Waals surface area contributed by atoms with Gasteiger partial charge in [-0.2, -0.15) is 0 Å². The van der Waals surface area contributed by atoms with Crippen molar-refractivity contribution < 1.29 is 18.3 Å². The van der Waals surface area contributed by atoms with Crippen LogP contribution in [0, 0.1) is 13.8 Å². The van der Waals surface area contributed by atoms with E-state index in [2.05, 4.69) is 0 Å². The molecule has 5 nitrogen and oxygen atoms in total. The molecule has 0 unspecified atom stereocenters. The van der Waals surface area contributed by atoms with Crippen LogP contribution in [0.2, 0.25) is 0 Å². The molecule has 0 amide bonds. The number of nitrogens with zero attached hydrogens (tertiary/aromatic N) is 1. The van der Waals surface area contributed by atoms with Crippen LogP contribution in [0.25, 0.3) is 10.9 Å². The number of carboxylic acids is 1. The van der Waals surface area contributed by atoms with E-state index in [0.29, 0.717) is 23.0 Å². The molecule has 1 heterocycles. The maximum atomic E-state index is 12.7. The number of hydrogen-bond acceptors (Lipinski definition) is 3. The Labute approximate surface area is 140 Å². The number of aromatic nitrogens is 1. The molecule has 23 heavy (non-hydrogen) atoms. The Morgan fingerprint density at radius 2 is 2.00 bits per heavy atom. The number of allylic oxidation sites excluding steroid dienone is 1. The van der Waals surface area contributed by atoms with Gasteiger partial charge in [0.25, 0.3) is 0 Å². The van der Waals surface area contributed by atoms with Gasteiger partial charge in [0.15, 0.2) is 0 Å². The predicted octanol–water partition coefficient (Wildman–Crippen LogP) is 3.61. The molecular weight excluding hydrogens is 338 g/mol. The van der Waals surface area contributed by atoms with Gasteiger partial charge in [0, 0.05) is 16.1 Å². The van der Waals surface area contributed by atoms with E-state index < -0.39 is 15.8 Å². The zero-order valence-electron chi connectivity index (χ0n) is 13.1. The molecule has 0 fully saturated rings. The summed E-state index contributed by atoms with van der Waals surface area (Å²) in [5.74, 6) is -1.03. The van der Waals surface area contributed by atoms with Crippen LogP contribution < -0.4 is 0 Å². The molecule has 0 saturated carbocycles. The van der Waals surface area contributed by atoms with Crippen LogP contribution in [-0.4, -0.2) is 24.1 Å². The number of carbonyl (C=O) groups is 1. The van der Waals surface area contributed by atoms with E-state index in [0.717, 1.165) is 11.0 Å². The average molecular weight is 356 g/mol. The Bertz CT molecular complexity index is 910. The number of hydrogen-bond donors (Lipinski definition) is 1. The Morgan fingerprint density at radius 1 is 1.35 bits per heavy atom. The monoisotopic (exact) mass is 355 g/mol. The number of halogens is 1. The lowest BCUT2D eigenvalue weighted by molar-refractivity contribution is -0.137. The van der Waals surface area contributed by atoms with E-state index in [1.807, 2.05) is 13.0 Å². The molecule has 0 aliphatic rings. The number of sulfone groups is 1. The molecule has 2 rings (SSSR count). The van der Waals surface area contributed by atoms with Gasteiger partial charge in [0.05, 0.1) is 15.8 Å². The highest BCUT2D eigenvalue weighted by atomic mass is 35.5. The van der Waals surface area contributed by atoms with Gasteiger partial charge in [0.1, 0.15) is 6.54 Å². The fraction of sp³-hybridized carbons (Fsp3) is 0.312. The quantitative estimate of drug-likeness (QED) is 0.888. The molecule has 1 aromatic heterocycles. The van der Waals surface area contributed by atoms with E-state index in [-0.39, 0.29) is 16.5 Å². The largest absolute Gasteiger partial charge is 0.480 e. The highest BCUT2D eigenvalue weighted by molar-refractivity contribution is 7.94. The summed E-state index contributed by atoms with van der Waals surface area (Å²) in [6.45, 7) is 4.93. The van der Waals surface area contributed by atoms with E-state index >= 15 is 0 Å². The van der Waals surface area contributed by atoms with E-state index in [9.17, 15) is 13.2 Å². The van der Waals surface area contributed by atoms with Gasteiger partial charge in [-0.25, -0.2) is 8.42 Å². The summed E-state index contributed by atoms with van der Waals surface area (Å²) >= 11 is 5.91. The highest BCUT2D eigenvalue weighted by Crippen LogP contribution is 2.32. The summed E-state index contributed by atoms with van der Waals surface area (Å²) in [5, 5.41) is 10.9. The minimum absolute atomic E-state index is 0.115.